The second kappa shape index (κ2) is 7.17. The van der Waals surface area contributed by atoms with Crippen molar-refractivity contribution < 1.29 is 9.53 Å². The van der Waals surface area contributed by atoms with Gasteiger partial charge in [0.05, 0.1) is 12.1 Å². The van der Waals surface area contributed by atoms with Crippen LogP contribution in [0.3, 0.4) is 0 Å². The quantitative estimate of drug-likeness (QED) is 0.663. The number of hydrogen-bond acceptors (Lipinski definition) is 4. The SMILES string of the molecule is COc1ccc2c(Cl)c(C(=O)N3CCN(c4ccccc4)CC3)sc2c1. The first-order valence-corrected chi connectivity index (χ1v) is 9.72. The Hall–Kier alpha value is -2.24. The summed E-state index contributed by atoms with van der Waals surface area (Å²) in [6, 6.07) is 16.0. The number of rotatable bonds is 3. The summed E-state index contributed by atoms with van der Waals surface area (Å²) in [5, 5.41) is 1.45. The Labute approximate surface area is 161 Å². The normalized spacial score (nSPS) is 14.7. The summed E-state index contributed by atoms with van der Waals surface area (Å²) in [7, 11) is 1.63. The summed E-state index contributed by atoms with van der Waals surface area (Å²) in [5.74, 6) is 0.786. The maximum absolute atomic E-state index is 13.0. The number of ether oxygens (including phenoxy) is 1. The molecule has 6 heteroatoms. The van der Waals surface area contributed by atoms with E-state index < -0.39 is 0 Å². The van der Waals surface area contributed by atoms with E-state index in [0.29, 0.717) is 23.0 Å². The maximum Gasteiger partial charge on any atom is 0.265 e. The molecule has 0 spiro atoms. The third-order valence-electron chi connectivity index (χ3n) is 4.72. The molecule has 1 fully saturated rings. The number of amides is 1. The van der Waals surface area contributed by atoms with E-state index in [2.05, 4.69) is 17.0 Å². The Morgan fingerprint density at radius 1 is 1.08 bits per heavy atom. The third kappa shape index (κ3) is 3.13. The lowest BCUT2D eigenvalue weighted by Crippen LogP contribution is -2.48. The van der Waals surface area contributed by atoms with Crippen LogP contribution in [0.25, 0.3) is 10.1 Å². The van der Waals surface area contributed by atoms with Gasteiger partial charge in [-0.25, -0.2) is 0 Å². The molecule has 2 aromatic carbocycles. The van der Waals surface area contributed by atoms with Crippen molar-refractivity contribution >= 4 is 44.6 Å². The molecule has 0 saturated carbocycles. The Morgan fingerprint density at radius 3 is 2.50 bits per heavy atom. The highest BCUT2D eigenvalue weighted by atomic mass is 35.5. The number of hydrogen-bond donors (Lipinski definition) is 0. The molecule has 0 radical (unpaired) electrons. The number of methoxy groups -OCH3 is 1. The first kappa shape index (κ1) is 17.2. The topological polar surface area (TPSA) is 32.8 Å². The molecule has 1 saturated heterocycles. The van der Waals surface area contributed by atoms with Gasteiger partial charge in [0.25, 0.3) is 5.91 Å². The number of anilines is 1. The van der Waals surface area contributed by atoms with E-state index in [0.717, 1.165) is 28.9 Å². The van der Waals surface area contributed by atoms with Crippen molar-refractivity contribution in [3.8, 4) is 5.75 Å². The Morgan fingerprint density at radius 2 is 1.81 bits per heavy atom. The van der Waals surface area contributed by atoms with Crippen molar-refractivity contribution in [1.29, 1.82) is 0 Å². The van der Waals surface area contributed by atoms with Crippen molar-refractivity contribution in [3.05, 3.63) is 58.4 Å². The number of benzene rings is 2. The lowest BCUT2D eigenvalue weighted by Gasteiger charge is -2.36. The van der Waals surface area contributed by atoms with Gasteiger partial charge in [-0.3, -0.25) is 4.79 Å². The molecule has 1 aliphatic rings. The van der Waals surface area contributed by atoms with Gasteiger partial charge in [-0.05, 0) is 30.3 Å². The standard InChI is InChI=1S/C20H19ClN2O2S/c1-25-15-7-8-16-17(13-15)26-19(18(16)21)20(24)23-11-9-22(10-12-23)14-5-3-2-4-6-14/h2-8,13H,9-12H2,1H3. The minimum atomic E-state index is 0.0166. The highest BCUT2D eigenvalue weighted by molar-refractivity contribution is 7.21. The molecule has 0 N–H and O–H groups in total. The first-order valence-electron chi connectivity index (χ1n) is 8.52. The van der Waals surface area contributed by atoms with Crippen LogP contribution in [0, 0.1) is 0 Å². The van der Waals surface area contributed by atoms with E-state index in [1.54, 1.807) is 7.11 Å². The molecular formula is C20H19ClN2O2S. The third-order valence-corrected chi connectivity index (χ3v) is 6.36. The van der Waals surface area contributed by atoms with Crippen LogP contribution in [0.1, 0.15) is 9.67 Å². The van der Waals surface area contributed by atoms with Crippen molar-refractivity contribution in [2.75, 3.05) is 38.2 Å². The molecule has 1 aliphatic heterocycles. The van der Waals surface area contributed by atoms with Gasteiger partial charge < -0.3 is 14.5 Å². The fourth-order valence-electron chi connectivity index (χ4n) is 3.26. The molecule has 0 unspecified atom stereocenters. The Kier molecular flexibility index (Phi) is 4.74. The molecule has 3 aromatic rings. The molecule has 4 nitrogen and oxygen atoms in total. The monoisotopic (exact) mass is 386 g/mol. The molecule has 0 aliphatic carbocycles. The number of nitrogens with zero attached hydrogens (tertiary/aromatic N) is 2. The van der Waals surface area contributed by atoms with Gasteiger partial charge in [0.2, 0.25) is 0 Å². The van der Waals surface area contributed by atoms with Crippen molar-refractivity contribution in [2.24, 2.45) is 0 Å². The van der Waals surface area contributed by atoms with Crippen LogP contribution in [0.4, 0.5) is 5.69 Å². The second-order valence-electron chi connectivity index (χ2n) is 6.22. The van der Waals surface area contributed by atoms with Gasteiger partial charge in [0, 0.05) is 42.0 Å². The zero-order chi connectivity index (χ0) is 18.1. The summed E-state index contributed by atoms with van der Waals surface area (Å²) in [5.41, 5.74) is 1.20. The Balaban J connectivity index is 1.52. The molecule has 0 atom stereocenters. The molecule has 2 heterocycles. The molecule has 26 heavy (non-hydrogen) atoms. The molecule has 134 valence electrons. The highest BCUT2D eigenvalue weighted by Crippen LogP contribution is 2.38. The fraction of sp³-hybridized carbons (Fsp3) is 0.250. The van der Waals surface area contributed by atoms with E-state index in [9.17, 15) is 4.79 Å². The lowest BCUT2D eigenvalue weighted by atomic mass is 10.2. The predicted molar refractivity (Wildman–Crippen MR) is 108 cm³/mol. The van der Waals surface area contributed by atoms with Crippen LogP contribution in [0.5, 0.6) is 5.75 Å². The molecule has 1 aromatic heterocycles. The van der Waals surface area contributed by atoms with Crippen LogP contribution >= 0.6 is 22.9 Å². The first-order chi connectivity index (χ1) is 12.7. The van der Waals surface area contributed by atoms with E-state index in [4.69, 9.17) is 16.3 Å². The van der Waals surface area contributed by atoms with E-state index >= 15 is 0 Å². The van der Waals surface area contributed by atoms with Crippen LogP contribution in [-0.2, 0) is 0 Å². The van der Waals surface area contributed by atoms with Crippen molar-refractivity contribution in [1.82, 2.24) is 4.90 Å². The predicted octanol–water partition coefficient (Wildman–Crippen LogP) is 4.53. The van der Waals surface area contributed by atoms with Gasteiger partial charge in [0.1, 0.15) is 10.6 Å². The fourth-order valence-corrected chi connectivity index (χ4v) is 4.77. The number of carbonyl (C=O) groups excluding carboxylic acids is 1. The minimum absolute atomic E-state index is 0.0166. The summed E-state index contributed by atoms with van der Waals surface area (Å²) in [6.45, 7) is 3.04. The summed E-state index contributed by atoms with van der Waals surface area (Å²) < 4.78 is 6.24. The van der Waals surface area contributed by atoms with Crippen molar-refractivity contribution in [3.63, 3.8) is 0 Å². The maximum atomic E-state index is 13.0. The van der Waals surface area contributed by atoms with Crippen LogP contribution in [0.2, 0.25) is 5.02 Å². The van der Waals surface area contributed by atoms with Gasteiger partial charge >= 0.3 is 0 Å². The zero-order valence-corrected chi connectivity index (χ0v) is 16.0. The highest BCUT2D eigenvalue weighted by Gasteiger charge is 2.26. The van der Waals surface area contributed by atoms with Gasteiger partial charge in [-0.15, -0.1) is 11.3 Å². The van der Waals surface area contributed by atoms with Crippen LogP contribution in [-0.4, -0.2) is 44.1 Å². The summed E-state index contributed by atoms with van der Waals surface area (Å²) >= 11 is 7.94. The number of carbonyl (C=O) groups is 1. The molecule has 1 amide bonds. The van der Waals surface area contributed by atoms with E-state index in [-0.39, 0.29) is 5.91 Å². The molecular weight excluding hydrogens is 368 g/mol. The van der Waals surface area contributed by atoms with Gasteiger partial charge in [-0.1, -0.05) is 29.8 Å². The van der Waals surface area contributed by atoms with Crippen molar-refractivity contribution in [2.45, 2.75) is 0 Å². The average Bonchev–Trinajstić information content (AvgIpc) is 3.04. The van der Waals surface area contributed by atoms with Gasteiger partial charge in [-0.2, -0.15) is 0 Å². The molecule has 0 bridgehead atoms. The number of piperazine rings is 1. The second-order valence-corrected chi connectivity index (χ2v) is 7.65. The smallest absolute Gasteiger partial charge is 0.265 e. The Bertz CT molecular complexity index is 934. The number of thiophene rings is 1. The van der Waals surface area contributed by atoms with E-state index in [1.807, 2.05) is 41.3 Å². The van der Waals surface area contributed by atoms with Gasteiger partial charge in [0.15, 0.2) is 0 Å². The van der Waals surface area contributed by atoms with Crippen LogP contribution < -0.4 is 9.64 Å². The minimum Gasteiger partial charge on any atom is -0.497 e. The average molecular weight is 387 g/mol. The van der Waals surface area contributed by atoms with Crippen LogP contribution in [0.15, 0.2) is 48.5 Å². The largest absolute Gasteiger partial charge is 0.497 e. The summed E-state index contributed by atoms with van der Waals surface area (Å²) in [4.78, 5) is 17.8. The zero-order valence-electron chi connectivity index (χ0n) is 14.4. The lowest BCUT2D eigenvalue weighted by molar-refractivity contribution is 0.0752. The number of halogens is 1. The summed E-state index contributed by atoms with van der Waals surface area (Å²) in [6.07, 6.45) is 0. The number of para-hydroxylation sites is 1. The molecule has 4 rings (SSSR count). The number of fused-ring (bicyclic) bond motifs is 1. The van der Waals surface area contributed by atoms with E-state index in [1.165, 1.54) is 17.0 Å².